The van der Waals surface area contributed by atoms with Crippen LogP contribution in [0.2, 0.25) is 0 Å². The molecule has 2 heterocycles. The van der Waals surface area contributed by atoms with Gasteiger partial charge in [0.05, 0.1) is 13.1 Å². The van der Waals surface area contributed by atoms with Crippen molar-refractivity contribution in [2.75, 3.05) is 19.6 Å². The summed E-state index contributed by atoms with van der Waals surface area (Å²) in [6.07, 6.45) is 0. The van der Waals surface area contributed by atoms with Crippen LogP contribution in [0.5, 0.6) is 0 Å². The fourth-order valence-electron chi connectivity index (χ4n) is 4.12. The van der Waals surface area contributed by atoms with Crippen LogP contribution in [0.25, 0.3) is 10.8 Å². The third kappa shape index (κ3) is 4.51. The number of rotatable bonds is 8. The topological polar surface area (TPSA) is 98.8 Å². The number of carbonyl (C=O) groups excluding carboxylic acids is 4. The predicted octanol–water partition coefficient (Wildman–Crippen LogP) is 2.83. The van der Waals surface area contributed by atoms with Gasteiger partial charge in [-0.3, -0.25) is 19.3 Å². The number of hydrogen-bond donors (Lipinski definition) is 2. The van der Waals surface area contributed by atoms with E-state index in [1.54, 1.807) is 13.8 Å². The first kappa shape index (κ1) is 23.4. The van der Waals surface area contributed by atoms with E-state index in [-0.39, 0.29) is 19.0 Å². The minimum absolute atomic E-state index is 0.148. The molecule has 1 fully saturated rings. The SMILES string of the molecule is CCN(CC(=O)NCc1cccs1)C(=O)CN1C(=O)N[C@](C)(c2cccc3ccccc23)C1=O. The maximum atomic E-state index is 13.4. The van der Waals surface area contributed by atoms with E-state index >= 15 is 0 Å². The predicted molar refractivity (Wildman–Crippen MR) is 130 cm³/mol. The van der Waals surface area contributed by atoms with Crippen LogP contribution in [0.1, 0.15) is 24.3 Å². The van der Waals surface area contributed by atoms with Crippen molar-refractivity contribution in [3.05, 3.63) is 70.4 Å². The smallest absolute Gasteiger partial charge is 0.325 e. The van der Waals surface area contributed by atoms with E-state index in [1.165, 1.54) is 16.2 Å². The molecule has 1 atom stereocenters. The van der Waals surface area contributed by atoms with Crippen LogP contribution in [0.3, 0.4) is 0 Å². The number of nitrogens with zero attached hydrogens (tertiary/aromatic N) is 2. The summed E-state index contributed by atoms with van der Waals surface area (Å²) >= 11 is 1.53. The molecule has 0 aliphatic carbocycles. The molecule has 1 saturated heterocycles. The number of fused-ring (bicyclic) bond motifs is 1. The van der Waals surface area contributed by atoms with E-state index < -0.39 is 29.9 Å². The molecule has 176 valence electrons. The maximum Gasteiger partial charge on any atom is 0.325 e. The average Bonchev–Trinajstić information content (AvgIpc) is 3.43. The van der Waals surface area contributed by atoms with Gasteiger partial charge in [-0.1, -0.05) is 48.5 Å². The first-order chi connectivity index (χ1) is 16.3. The zero-order valence-corrected chi connectivity index (χ0v) is 19.9. The molecule has 1 aliphatic rings. The Kier molecular flexibility index (Phi) is 6.65. The molecular formula is C25H26N4O4S. The Labute approximate surface area is 201 Å². The zero-order valence-electron chi connectivity index (χ0n) is 19.0. The molecule has 4 rings (SSSR count). The van der Waals surface area contributed by atoms with Crippen LogP contribution in [0.4, 0.5) is 4.79 Å². The Hall–Kier alpha value is -3.72. The minimum Gasteiger partial charge on any atom is -0.350 e. The monoisotopic (exact) mass is 478 g/mol. The summed E-state index contributed by atoms with van der Waals surface area (Å²) in [5.41, 5.74) is -0.632. The molecule has 3 aromatic rings. The van der Waals surface area contributed by atoms with Crippen LogP contribution in [0.15, 0.2) is 60.0 Å². The molecule has 0 bridgehead atoms. The largest absolute Gasteiger partial charge is 0.350 e. The van der Waals surface area contributed by atoms with Crippen molar-refractivity contribution in [3.8, 4) is 0 Å². The van der Waals surface area contributed by atoms with Crippen molar-refractivity contribution < 1.29 is 19.2 Å². The standard InChI is InChI=1S/C25H26N4O4S/c1-3-28(15-21(30)26-14-18-10-7-13-34-18)22(31)16-29-23(32)25(2,27-24(29)33)20-12-6-9-17-8-4-5-11-19(17)20/h4-13H,3,14-16H2,1-2H3,(H,26,30)(H,27,33)/t25-/m1/s1. The van der Waals surface area contributed by atoms with E-state index in [4.69, 9.17) is 0 Å². The Morgan fingerprint density at radius 2 is 1.85 bits per heavy atom. The van der Waals surface area contributed by atoms with Gasteiger partial charge in [0.1, 0.15) is 12.1 Å². The van der Waals surface area contributed by atoms with Crippen LogP contribution >= 0.6 is 11.3 Å². The highest BCUT2D eigenvalue weighted by Crippen LogP contribution is 2.33. The fraction of sp³-hybridized carbons (Fsp3) is 0.280. The quantitative estimate of drug-likeness (QED) is 0.487. The summed E-state index contributed by atoms with van der Waals surface area (Å²) in [5, 5.41) is 9.28. The summed E-state index contributed by atoms with van der Waals surface area (Å²) in [5.74, 6) is -1.28. The highest BCUT2D eigenvalue weighted by Gasteiger charge is 2.50. The first-order valence-electron chi connectivity index (χ1n) is 11.0. The van der Waals surface area contributed by atoms with Gasteiger partial charge in [-0.05, 0) is 41.6 Å². The van der Waals surface area contributed by atoms with E-state index in [2.05, 4.69) is 10.6 Å². The van der Waals surface area contributed by atoms with Crippen molar-refractivity contribution in [1.82, 2.24) is 20.4 Å². The van der Waals surface area contributed by atoms with E-state index in [1.807, 2.05) is 60.0 Å². The van der Waals surface area contributed by atoms with Gasteiger partial charge in [-0.2, -0.15) is 0 Å². The number of carbonyl (C=O) groups is 4. The van der Waals surface area contributed by atoms with Gasteiger partial charge in [0.15, 0.2) is 0 Å². The maximum absolute atomic E-state index is 13.4. The van der Waals surface area contributed by atoms with Crippen LogP contribution in [-0.2, 0) is 26.5 Å². The highest BCUT2D eigenvalue weighted by atomic mass is 32.1. The van der Waals surface area contributed by atoms with Crippen LogP contribution in [-0.4, -0.2) is 53.2 Å². The number of imide groups is 1. The second kappa shape index (κ2) is 9.64. The molecule has 8 nitrogen and oxygen atoms in total. The summed E-state index contributed by atoms with van der Waals surface area (Å²) in [6.45, 7) is 3.47. The number of amides is 5. The van der Waals surface area contributed by atoms with Crippen molar-refractivity contribution in [3.63, 3.8) is 0 Å². The van der Waals surface area contributed by atoms with Gasteiger partial charge in [-0.25, -0.2) is 4.79 Å². The zero-order chi connectivity index (χ0) is 24.3. The Bertz CT molecular complexity index is 1240. The number of thiophene rings is 1. The lowest BCUT2D eigenvalue weighted by molar-refractivity contribution is -0.140. The fourth-order valence-corrected chi connectivity index (χ4v) is 4.77. The minimum atomic E-state index is -1.30. The van der Waals surface area contributed by atoms with E-state index in [9.17, 15) is 19.2 Å². The Morgan fingerprint density at radius 1 is 1.09 bits per heavy atom. The Morgan fingerprint density at radius 3 is 2.59 bits per heavy atom. The molecule has 5 amide bonds. The first-order valence-corrected chi connectivity index (χ1v) is 11.9. The summed E-state index contributed by atoms with van der Waals surface area (Å²) in [7, 11) is 0. The molecule has 2 N–H and O–H groups in total. The van der Waals surface area contributed by atoms with Gasteiger partial charge in [0, 0.05) is 11.4 Å². The molecule has 1 aromatic heterocycles. The van der Waals surface area contributed by atoms with Gasteiger partial charge in [0.2, 0.25) is 11.8 Å². The van der Waals surface area contributed by atoms with Crippen LogP contribution in [0, 0.1) is 0 Å². The lowest BCUT2D eigenvalue weighted by Crippen LogP contribution is -2.47. The summed E-state index contributed by atoms with van der Waals surface area (Å²) in [6, 6.07) is 16.4. The number of nitrogens with one attached hydrogen (secondary N) is 2. The molecule has 0 spiro atoms. The van der Waals surface area contributed by atoms with Crippen molar-refractivity contribution in [2.24, 2.45) is 0 Å². The number of likely N-dealkylation sites (N-methyl/N-ethyl adjacent to an activating group) is 1. The van der Waals surface area contributed by atoms with E-state index in [0.29, 0.717) is 12.1 Å². The Balaban J connectivity index is 1.45. The average molecular weight is 479 g/mol. The summed E-state index contributed by atoms with van der Waals surface area (Å²) < 4.78 is 0. The normalized spacial score (nSPS) is 17.6. The molecule has 0 radical (unpaired) electrons. The third-order valence-corrected chi connectivity index (χ3v) is 6.88. The van der Waals surface area contributed by atoms with Crippen molar-refractivity contribution in [2.45, 2.75) is 25.9 Å². The van der Waals surface area contributed by atoms with Crippen LogP contribution < -0.4 is 10.6 Å². The molecule has 1 aliphatic heterocycles. The van der Waals surface area contributed by atoms with Crippen molar-refractivity contribution >= 4 is 45.9 Å². The molecule has 0 unspecified atom stereocenters. The lowest BCUT2D eigenvalue weighted by Gasteiger charge is -2.25. The second-order valence-corrected chi connectivity index (χ2v) is 9.27. The summed E-state index contributed by atoms with van der Waals surface area (Å²) in [4.78, 5) is 54.7. The third-order valence-electron chi connectivity index (χ3n) is 6.01. The number of urea groups is 1. The highest BCUT2D eigenvalue weighted by molar-refractivity contribution is 7.09. The van der Waals surface area contributed by atoms with Gasteiger partial charge in [0.25, 0.3) is 5.91 Å². The van der Waals surface area contributed by atoms with Gasteiger partial charge in [-0.15, -0.1) is 11.3 Å². The second-order valence-electron chi connectivity index (χ2n) is 8.24. The van der Waals surface area contributed by atoms with Crippen molar-refractivity contribution in [1.29, 1.82) is 0 Å². The number of hydrogen-bond acceptors (Lipinski definition) is 5. The molecular weight excluding hydrogens is 452 g/mol. The molecule has 2 aromatic carbocycles. The van der Waals surface area contributed by atoms with Gasteiger partial charge >= 0.3 is 6.03 Å². The molecule has 34 heavy (non-hydrogen) atoms. The molecule has 9 heteroatoms. The molecule has 0 saturated carbocycles. The van der Waals surface area contributed by atoms with Gasteiger partial charge < -0.3 is 15.5 Å². The van der Waals surface area contributed by atoms with E-state index in [0.717, 1.165) is 20.5 Å². The lowest BCUT2D eigenvalue weighted by atomic mass is 9.88. The number of benzene rings is 2.